The molecule has 0 fully saturated rings. The molecule has 104 valence electrons. The third-order valence-electron chi connectivity index (χ3n) is 2.47. The van der Waals surface area contributed by atoms with E-state index in [4.69, 9.17) is 0 Å². The van der Waals surface area contributed by atoms with Gasteiger partial charge in [-0.2, -0.15) is 0 Å². The summed E-state index contributed by atoms with van der Waals surface area (Å²) in [6.45, 7) is 3.87. The lowest BCUT2D eigenvalue weighted by Crippen LogP contribution is -2.38. The number of hydrogen-bond acceptors (Lipinski definition) is 4. The number of hydrogen-bond donors (Lipinski definition) is 2. The summed E-state index contributed by atoms with van der Waals surface area (Å²) in [4.78, 5) is 37.6. The van der Waals surface area contributed by atoms with Crippen molar-refractivity contribution in [2.75, 3.05) is 13.1 Å². The highest BCUT2D eigenvalue weighted by atomic mass is 16.2. The van der Waals surface area contributed by atoms with Crippen molar-refractivity contribution in [3.05, 3.63) is 28.4 Å². The Balaban J connectivity index is 2.39. The minimum Gasteiger partial charge on any atom is -0.353 e. The monoisotopic (exact) mass is 266 g/mol. The van der Waals surface area contributed by atoms with Gasteiger partial charge < -0.3 is 10.6 Å². The average Bonchev–Trinajstić information content (AvgIpc) is 2.38. The SMILES string of the molecule is CCc1cc(=O)n(CCNC(=O)CNC(C)=O)cn1. The number of aryl methyl sites for hydroxylation is 1. The van der Waals surface area contributed by atoms with Crippen LogP contribution in [0.25, 0.3) is 0 Å². The first-order valence-corrected chi connectivity index (χ1v) is 6.09. The fraction of sp³-hybridized carbons (Fsp3) is 0.500. The molecule has 1 heterocycles. The Morgan fingerprint density at radius 1 is 1.37 bits per heavy atom. The van der Waals surface area contributed by atoms with Crippen LogP contribution in [0.15, 0.2) is 17.2 Å². The fourth-order valence-corrected chi connectivity index (χ4v) is 1.41. The number of carbonyl (C=O) groups excluding carboxylic acids is 2. The second-order valence-electron chi connectivity index (χ2n) is 4.03. The van der Waals surface area contributed by atoms with E-state index in [0.717, 1.165) is 5.69 Å². The molecular weight excluding hydrogens is 248 g/mol. The molecule has 0 radical (unpaired) electrons. The molecule has 0 aromatic carbocycles. The van der Waals surface area contributed by atoms with Crippen molar-refractivity contribution in [1.82, 2.24) is 20.2 Å². The van der Waals surface area contributed by atoms with Gasteiger partial charge in [0.2, 0.25) is 11.8 Å². The van der Waals surface area contributed by atoms with Crippen molar-refractivity contribution in [2.45, 2.75) is 26.8 Å². The highest BCUT2D eigenvalue weighted by Crippen LogP contribution is 1.89. The molecule has 0 bridgehead atoms. The minimum atomic E-state index is -0.290. The molecule has 1 rings (SSSR count). The molecule has 0 saturated carbocycles. The number of nitrogens with zero attached hydrogens (tertiary/aromatic N) is 2. The number of rotatable bonds is 6. The van der Waals surface area contributed by atoms with Crippen molar-refractivity contribution in [2.24, 2.45) is 0 Å². The van der Waals surface area contributed by atoms with Crippen LogP contribution in [0.2, 0.25) is 0 Å². The largest absolute Gasteiger partial charge is 0.353 e. The van der Waals surface area contributed by atoms with Crippen LogP contribution in [0.4, 0.5) is 0 Å². The van der Waals surface area contributed by atoms with Gasteiger partial charge in [-0.3, -0.25) is 19.0 Å². The molecule has 19 heavy (non-hydrogen) atoms. The van der Waals surface area contributed by atoms with Gasteiger partial charge in [0.05, 0.1) is 12.9 Å². The number of amides is 2. The Morgan fingerprint density at radius 2 is 2.11 bits per heavy atom. The van der Waals surface area contributed by atoms with Crippen LogP contribution in [0.1, 0.15) is 19.5 Å². The summed E-state index contributed by atoms with van der Waals surface area (Å²) >= 11 is 0. The molecule has 0 aliphatic heterocycles. The van der Waals surface area contributed by atoms with E-state index in [2.05, 4.69) is 15.6 Å². The van der Waals surface area contributed by atoms with Crippen molar-refractivity contribution in [3.8, 4) is 0 Å². The first-order chi connectivity index (χ1) is 9.02. The lowest BCUT2D eigenvalue weighted by molar-refractivity contribution is -0.125. The van der Waals surface area contributed by atoms with Gasteiger partial charge in [-0.1, -0.05) is 6.92 Å². The Bertz CT molecular complexity index is 510. The van der Waals surface area contributed by atoms with Gasteiger partial charge in [0.15, 0.2) is 0 Å². The highest BCUT2D eigenvalue weighted by molar-refractivity contribution is 5.83. The fourth-order valence-electron chi connectivity index (χ4n) is 1.41. The smallest absolute Gasteiger partial charge is 0.253 e. The third-order valence-corrected chi connectivity index (χ3v) is 2.47. The summed E-state index contributed by atoms with van der Waals surface area (Å²) in [5, 5.41) is 4.99. The molecule has 2 amide bonds. The zero-order valence-electron chi connectivity index (χ0n) is 11.1. The topological polar surface area (TPSA) is 93.1 Å². The van der Waals surface area contributed by atoms with E-state index < -0.39 is 0 Å². The van der Waals surface area contributed by atoms with Gasteiger partial charge in [-0.05, 0) is 6.42 Å². The first-order valence-electron chi connectivity index (χ1n) is 6.09. The second-order valence-corrected chi connectivity index (χ2v) is 4.03. The predicted molar refractivity (Wildman–Crippen MR) is 69.6 cm³/mol. The van der Waals surface area contributed by atoms with Gasteiger partial charge in [0.1, 0.15) is 0 Å². The number of aromatic nitrogens is 2. The van der Waals surface area contributed by atoms with Crippen molar-refractivity contribution in [1.29, 1.82) is 0 Å². The molecule has 1 aromatic heterocycles. The molecule has 7 heteroatoms. The Hall–Kier alpha value is -2.18. The Morgan fingerprint density at radius 3 is 2.68 bits per heavy atom. The molecule has 0 saturated heterocycles. The zero-order chi connectivity index (χ0) is 14.3. The molecule has 1 aromatic rings. The van der Waals surface area contributed by atoms with Crippen LogP contribution >= 0.6 is 0 Å². The van der Waals surface area contributed by atoms with Gasteiger partial charge in [0.25, 0.3) is 5.56 Å². The quantitative estimate of drug-likeness (QED) is 0.695. The van der Waals surface area contributed by atoms with E-state index in [1.807, 2.05) is 6.92 Å². The Labute approximate surface area is 111 Å². The van der Waals surface area contributed by atoms with Gasteiger partial charge in [-0.25, -0.2) is 4.98 Å². The second kappa shape index (κ2) is 7.30. The van der Waals surface area contributed by atoms with E-state index in [9.17, 15) is 14.4 Å². The molecular formula is C12H18N4O3. The molecule has 7 nitrogen and oxygen atoms in total. The van der Waals surface area contributed by atoms with E-state index in [0.29, 0.717) is 19.5 Å². The van der Waals surface area contributed by atoms with Crippen molar-refractivity contribution in [3.63, 3.8) is 0 Å². The van der Waals surface area contributed by atoms with Gasteiger partial charge in [-0.15, -0.1) is 0 Å². The summed E-state index contributed by atoms with van der Waals surface area (Å²) in [7, 11) is 0. The predicted octanol–water partition coefficient (Wildman–Crippen LogP) is -0.942. The maximum Gasteiger partial charge on any atom is 0.253 e. The van der Waals surface area contributed by atoms with E-state index in [-0.39, 0.29) is 23.9 Å². The molecule has 0 aliphatic carbocycles. The molecule has 0 spiro atoms. The molecule has 0 unspecified atom stereocenters. The van der Waals surface area contributed by atoms with Crippen LogP contribution in [0.5, 0.6) is 0 Å². The first kappa shape index (κ1) is 14.9. The summed E-state index contributed by atoms with van der Waals surface area (Å²) in [5.74, 6) is -0.549. The molecule has 0 atom stereocenters. The summed E-state index contributed by atoms with van der Waals surface area (Å²) in [5.41, 5.74) is 0.610. The van der Waals surface area contributed by atoms with E-state index in [1.165, 1.54) is 23.9 Å². The summed E-state index contributed by atoms with van der Waals surface area (Å²) in [6, 6.07) is 1.49. The normalized spacial score (nSPS) is 10.0. The van der Waals surface area contributed by atoms with E-state index in [1.54, 1.807) is 0 Å². The van der Waals surface area contributed by atoms with Crippen molar-refractivity contribution >= 4 is 11.8 Å². The highest BCUT2D eigenvalue weighted by Gasteiger charge is 2.02. The maximum absolute atomic E-state index is 11.6. The van der Waals surface area contributed by atoms with Crippen molar-refractivity contribution < 1.29 is 9.59 Å². The van der Waals surface area contributed by atoms with Crippen LogP contribution < -0.4 is 16.2 Å². The summed E-state index contributed by atoms with van der Waals surface area (Å²) in [6.07, 6.45) is 2.19. The molecule has 0 aliphatic rings. The van der Waals surface area contributed by atoms with Crippen LogP contribution in [-0.2, 0) is 22.6 Å². The zero-order valence-corrected chi connectivity index (χ0v) is 11.1. The number of carbonyl (C=O) groups is 2. The third kappa shape index (κ3) is 5.33. The van der Waals surface area contributed by atoms with Crippen LogP contribution in [0.3, 0.4) is 0 Å². The lowest BCUT2D eigenvalue weighted by atomic mass is 10.3. The lowest BCUT2D eigenvalue weighted by Gasteiger charge is -2.07. The standard InChI is InChI=1S/C12H18N4O3/c1-3-10-6-12(19)16(8-15-10)5-4-13-11(18)7-14-9(2)17/h6,8H,3-5,7H2,1-2H3,(H,13,18)(H,14,17). The van der Waals surface area contributed by atoms with Crippen LogP contribution in [0, 0.1) is 0 Å². The Kier molecular flexibility index (Phi) is 5.72. The van der Waals surface area contributed by atoms with Crippen LogP contribution in [-0.4, -0.2) is 34.5 Å². The van der Waals surface area contributed by atoms with E-state index >= 15 is 0 Å². The average molecular weight is 266 g/mol. The maximum atomic E-state index is 11.6. The molecule has 2 N–H and O–H groups in total. The minimum absolute atomic E-state index is 0.0583. The van der Waals surface area contributed by atoms with Gasteiger partial charge in [0, 0.05) is 31.8 Å². The van der Waals surface area contributed by atoms with Gasteiger partial charge >= 0.3 is 0 Å². The summed E-state index contributed by atoms with van der Waals surface area (Å²) < 4.78 is 1.43. The number of nitrogens with one attached hydrogen (secondary N) is 2.